The van der Waals surface area contributed by atoms with Crippen LogP contribution in [0.5, 0.6) is 5.75 Å². The highest BCUT2D eigenvalue weighted by Crippen LogP contribution is 2.42. The zero-order valence-electron chi connectivity index (χ0n) is 20.9. The lowest BCUT2D eigenvalue weighted by molar-refractivity contribution is -0.143. The first-order chi connectivity index (χ1) is 17.4. The summed E-state index contributed by atoms with van der Waals surface area (Å²) >= 11 is 0. The number of fused-ring (bicyclic) bond motifs is 3. The van der Waals surface area contributed by atoms with E-state index in [9.17, 15) is 14.7 Å². The number of carbonyl (C=O) groups is 2. The molecule has 2 heterocycles. The number of hydrogen-bond donors (Lipinski definition) is 2. The molecule has 9 heteroatoms. The molecule has 2 aliphatic rings. The van der Waals surface area contributed by atoms with Crippen LogP contribution in [0.4, 0.5) is 22.1 Å². The largest absolute Gasteiger partial charge is 0.495 e. The van der Waals surface area contributed by atoms with E-state index in [-0.39, 0.29) is 24.1 Å². The Bertz CT molecular complexity index is 1300. The number of methoxy groups -OCH3 is 2. The van der Waals surface area contributed by atoms with Gasteiger partial charge in [-0.15, -0.1) is 0 Å². The lowest BCUT2D eigenvalue weighted by atomic mass is 9.85. The number of benzene rings is 2. The first kappa shape index (κ1) is 24.0. The summed E-state index contributed by atoms with van der Waals surface area (Å²) in [4.78, 5) is 31.2. The molecular weight excluding hydrogens is 460 g/mol. The van der Waals surface area contributed by atoms with Gasteiger partial charge in [0.1, 0.15) is 5.75 Å². The number of anilines is 3. The SMILES string of the molecule is COC(=O)N1c2ccc3c(nc(Nc4ccccc4OC)n3[C@@H]3CCC[C@@H](C(=O)O)C3)c2CCC1C. The van der Waals surface area contributed by atoms with Crippen molar-refractivity contribution in [3.63, 3.8) is 0 Å². The van der Waals surface area contributed by atoms with Gasteiger partial charge in [0.2, 0.25) is 5.95 Å². The molecule has 2 aromatic carbocycles. The van der Waals surface area contributed by atoms with Gasteiger partial charge < -0.3 is 24.5 Å². The highest BCUT2D eigenvalue weighted by Gasteiger charge is 2.34. The third-order valence-electron chi connectivity index (χ3n) is 7.54. The second-order valence-electron chi connectivity index (χ2n) is 9.64. The number of aromatic nitrogens is 2. The van der Waals surface area contributed by atoms with Gasteiger partial charge in [0, 0.05) is 17.6 Å². The van der Waals surface area contributed by atoms with Crippen molar-refractivity contribution in [1.82, 2.24) is 9.55 Å². The Labute approximate surface area is 210 Å². The van der Waals surface area contributed by atoms with E-state index in [0.29, 0.717) is 24.5 Å². The van der Waals surface area contributed by atoms with Gasteiger partial charge in [0.25, 0.3) is 0 Å². The van der Waals surface area contributed by atoms with E-state index in [1.54, 1.807) is 12.0 Å². The lowest BCUT2D eigenvalue weighted by Gasteiger charge is -2.34. The fourth-order valence-electron chi connectivity index (χ4n) is 5.72. The standard InChI is InChI=1S/C27H32N4O5/c1-16-11-12-19-21(30(16)27(34)36-3)13-14-22-24(19)29-26(28-20-9-4-5-10-23(20)35-2)31(22)18-8-6-7-17(15-18)25(32)33/h4-5,9-10,13-14,16-18H,6-8,11-12,15H2,1-3H3,(H,28,29)(H,32,33)/t16?,17-,18-/m1/s1. The minimum absolute atomic E-state index is 0.0145. The highest BCUT2D eigenvalue weighted by molar-refractivity contribution is 5.96. The summed E-state index contributed by atoms with van der Waals surface area (Å²) in [6.45, 7) is 2.02. The summed E-state index contributed by atoms with van der Waals surface area (Å²) in [6, 6.07) is 11.6. The fraction of sp³-hybridized carbons (Fsp3) is 0.444. The number of ether oxygens (including phenoxy) is 2. The van der Waals surface area contributed by atoms with Crippen molar-refractivity contribution in [1.29, 1.82) is 0 Å². The molecule has 3 aromatic rings. The van der Waals surface area contributed by atoms with Crippen LogP contribution in [0.3, 0.4) is 0 Å². The number of carboxylic acids is 1. The van der Waals surface area contributed by atoms with Gasteiger partial charge in [-0.25, -0.2) is 9.78 Å². The number of carbonyl (C=O) groups excluding carboxylic acids is 1. The topological polar surface area (TPSA) is 106 Å². The molecule has 3 atom stereocenters. The van der Waals surface area contributed by atoms with Crippen molar-refractivity contribution in [2.75, 3.05) is 24.4 Å². The molecule has 0 bridgehead atoms. The average Bonchev–Trinajstić information content (AvgIpc) is 3.26. The van der Waals surface area contributed by atoms with Crippen LogP contribution < -0.4 is 15.0 Å². The Morgan fingerprint density at radius 3 is 2.67 bits per heavy atom. The first-order valence-electron chi connectivity index (χ1n) is 12.5. The average molecular weight is 493 g/mol. The van der Waals surface area contributed by atoms with Gasteiger partial charge in [-0.3, -0.25) is 9.69 Å². The van der Waals surface area contributed by atoms with Crippen LogP contribution in [0, 0.1) is 5.92 Å². The molecule has 5 rings (SSSR count). The molecular formula is C27H32N4O5. The van der Waals surface area contributed by atoms with Gasteiger partial charge in [-0.05, 0) is 63.3 Å². The van der Waals surface area contributed by atoms with E-state index >= 15 is 0 Å². The maximum Gasteiger partial charge on any atom is 0.414 e. The third kappa shape index (κ3) is 4.12. The number of aryl methyl sites for hydroxylation is 1. The monoisotopic (exact) mass is 492 g/mol. The number of nitrogens with zero attached hydrogens (tertiary/aromatic N) is 3. The molecule has 1 amide bonds. The van der Waals surface area contributed by atoms with E-state index in [1.807, 2.05) is 43.3 Å². The molecule has 1 aromatic heterocycles. The minimum atomic E-state index is -0.747. The molecule has 1 fully saturated rings. The Balaban J connectivity index is 1.67. The van der Waals surface area contributed by atoms with Crippen molar-refractivity contribution in [3.05, 3.63) is 42.0 Å². The Hall–Kier alpha value is -3.75. The van der Waals surface area contributed by atoms with Crippen molar-refractivity contribution < 1.29 is 24.2 Å². The summed E-state index contributed by atoms with van der Waals surface area (Å²) in [5.74, 6) is 0.204. The van der Waals surface area contributed by atoms with Crippen molar-refractivity contribution in [3.8, 4) is 5.75 Å². The van der Waals surface area contributed by atoms with Crippen LogP contribution >= 0.6 is 0 Å². The molecule has 0 spiro atoms. The van der Waals surface area contributed by atoms with E-state index in [2.05, 4.69) is 9.88 Å². The van der Waals surface area contributed by atoms with Gasteiger partial charge in [-0.1, -0.05) is 18.6 Å². The Kier molecular flexibility index (Phi) is 6.47. The number of para-hydroxylation sites is 2. The Morgan fingerprint density at radius 1 is 1.11 bits per heavy atom. The minimum Gasteiger partial charge on any atom is -0.495 e. The van der Waals surface area contributed by atoms with E-state index in [4.69, 9.17) is 14.5 Å². The van der Waals surface area contributed by atoms with E-state index < -0.39 is 5.97 Å². The quantitative estimate of drug-likeness (QED) is 0.484. The maximum atomic E-state index is 12.6. The number of rotatable bonds is 5. The number of aliphatic carboxylic acids is 1. The molecule has 9 nitrogen and oxygen atoms in total. The Morgan fingerprint density at radius 2 is 1.92 bits per heavy atom. The molecule has 36 heavy (non-hydrogen) atoms. The van der Waals surface area contributed by atoms with Crippen molar-refractivity contribution >= 4 is 40.4 Å². The summed E-state index contributed by atoms with van der Waals surface area (Å²) in [5.41, 5.74) is 4.35. The smallest absolute Gasteiger partial charge is 0.414 e. The van der Waals surface area contributed by atoms with Gasteiger partial charge in [-0.2, -0.15) is 0 Å². The molecule has 1 unspecified atom stereocenters. The van der Waals surface area contributed by atoms with Crippen LogP contribution in [0.1, 0.15) is 50.6 Å². The predicted octanol–water partition coefficient (Wildman–Crippen LogP) is 5.51. The van der Waals surface area contributed by atoms with Crippen LogP contribution in [0.2, 0.25) is 0 Å². The molecule has 1 saturated carbocycles. The van der Waals surface area contributed by atoms with Crippen molar-refractivity contribution in [2.24, 2.45) is 5.92 Å². The zero-order valence-corrected chi connectivity index (χ0v) is 20.9. The predicted molar refractivity (Wildman–Crippen MR) is 137 cm³/mol. The number of imidazole rings is 1. The van der Waals surface area contributed by atoms with E-state index in [1.165, 1.54) is 7.11 Å². The molecule has 1 aliphatic heterocycles. The first-order valence-corrected chi connectivity index (χ1v) is 12.5. The summed E-state index contributed by atoms with van der Waals surface area (Å²) < 4.78 is 12.8. The fourth-order valence-corrected chi connectivity index (χ4v) is 5.72. The summed E-state index contributed by atoms with van der Waals surface area (Å²) in [6.07, 6.45) is 4.15. The van der Waals surface area contributed by atoms with Gasteiger partial charge >= 0.3 is 12.1 Å². The van der Waals surface area contributed by atoms with E-state index in [0.717, 1.165) is 53.7 Å². The molecule has 1 aliphatic carbocycles. The van der Waals surface area contributed by atoms with Crippen LogP contribution in [-0.4, -0.2) is 47.0 Å². The van der Waals surface area contributed by atoms with Gasteiger partial charge in [0.15, 0.2) is 0 Å². The highest BCUT2D eigenvalue weighted by atomic mass is 16.5. The summed E-state index contributed by atoms with van der Waals surface area (Å²) in [7, 11) is 3.02. The number of nitrogens with one attached hydrogen (secondary N) is 1. The summed E-state index contributed by atoms with van der Waals surface area (Å²) in [5, 5.41) is 13.2. The van der Waals surface area contributed by atoms with Crippen LogP contribution in [0.25, 0.3) is 11.0 Å². The second kappa shape index (κ2) is 9.72. The third-order valence-corrected chi connectivity index (χ3v) is 7.54. The number of carboxylic acid groups (broad SMARTS) is 1. The maximum absolute atomic E-state index is 12.6. The van der Waals surface area contributed by atoms with Gasteiger partial charge in [0.05, 0.1) is 42.5 Å². The molecule has 2 N–H and O–H groups in total. The van der Waals surface area contributed by atoms with Crippen LogP contribution in [-0.2, 0) is 16.0 Å². The zero-order chi connectivity index (χ0) is 25.4. The molecule has 190 valence electrons. The van der Waals surface area contributed by atoms with Crippen molar-refractivity contribution in [2.45, 2.75) is 57.5 Å². The lowest BCUT2D eigenvalue weighted by Crippen LogP contribution is -2.42. The normalized spacial score (nSPS) is 21.6. The number of amides is 1. The number of hydrogen-bond acceptors (Lipinski definition) is 6. The molecule has 0 saturated heterocycles. The second-order valence-corrected chi connectivity index (χ2v) is 9.64. The van der Waals surface area contributed by atoms with Crippen LogP contribution in [0.15, 0.2) is 36.4 Å². The molecule has 0 radical (unpaired) electrons.